The van der Waals surface area contributed by atoms with Gasteiger partial charge in [-0.3, -0.25) is 4.79 Å². The summed E-state index contributed by atoms with van der Waals surface area (Å²) >= 11 is 0. The summed E-state index contributed by atoms with van der Waals surface area (Å²) in [4.78, 5) is 13.3. The molecule has 1 amide bonds. The molecule has 1 N–H and O–H groups in total. The molecular formula is C11H17NO2. The van der Waals surface area contributed by atoms with Gasteiger partial charge in [-0.05, 0) is 32.6 Å². The third-order valence-corrected chi connectivity index (χ3v) is 2.27. The highest BCUT2D eigenvalue weighted by Gasteiger charge is 2.32. The van der Waals surface area contributed by atoms with Crippen LogP contribution in [0.4, 0.5) is 0 Å². The molecule has 78 valence electrons. The highest BCUT2D eigenvalue weighted by Crippen LogP contribution is 2.30. The molecule has 1 aliphatic rings. The average Bonchev–Trinajstić information content (AvgIpc) is 2.84. The van der Waals surface area contributed by atoms with Crippen LogP contribution in [-0.2, 0) is 4.79 Å². The zero-order valence-electron chi connectivity index (χ0n) is 8.79. The Kier molecular flexibility index (Phi) is 3.17. The van der Waals surface area contributed by atoms with Crippen LogP contribution in [0.5, 0.6) is 0 Å². The lowest BCUT2D eigenvalue weighted by atomic mass is 10.1. The van der Waals surface area contributed by atoms with Crippen molar-refractivity contribution in [3.05, 3.63) is 0 Å². The number of hydrogen-bond donors (Lipinski definition) is 1. The first-order chi connectivity index (χ1) is 6.45. The number of amides is 1. The minimum atomic E-state index is -1.31. The van der Waals surface area contributed by atoms with Gasteiger partial charge in [0.1, 0.15) is 5.60 Å². The second-order valence-electron chi connectivity index (χ2n) is 4.39. The van der Waals surface area contributed by atoms with Crippen molar-refractivity contribution >= 4 is 5.91 Å². The van der Waals surface area contributed by atoms with Crippen molar-refractivity contribution in [3.8, 4) is 12.3 Å². The van der Waals surface area contributed by atoms with E-state index < -0.39 is 5.60 Å². The number of nitrogens with zero attached hydrogens (tertiary/aromatic N) is 1. The van der Waals surface area contributed by atoms with Crippen molar-refractivity contribution in [1.82, 2.24) is 4.90 Å². The Hall–Kier alpha value is -1.01. The third kappa shape index (κ3) is 3.04. The van der Waals surface area contributed by atoms with Crippen LogP contribution >= 0.6 is 0 Å². The lowest BCUT2D eigenvalue weighted by molar-refractivity contribution is -0.147. The van der Waals surface area contributed by atoms with E-state index in [1.54, 1.807) is 4.90 Å². The molecule has 1 fully saturated rings. The van der Waals surface area contributed by atoms with Gasteiger partial charge >= 0.3 is 0 Å². The molecule has 0 unspecified atom stereocenters. The molecule has 0 radical (unpaired) electrons. The van der Waals surface area contributed by atoms with Crippen LogP contribution in [-0.4, -0.2) is 34.6 Å². The molecule has 0 spiro atoms. The quantitative estimate of drug-likeness (QED) is 0.668. The van der Waals surface area contributed by atoms with Gasteiger partial charge in [-0.2, -0.15) is 0 Å². The number of carbonyl (C=O) groups is 1. The molecule has 3 nitrogen and oxygen atoms in total. The van der Waals surface area contributed by atoms with E-state index in [4.69, 9.17) is 6.42 Å². The number of hydrogen-bond acceptors (Lipinski definition) is 2. The van der Waals surface area contributed by atoms with Gasteiger partial charge < -0.3 is 10.0 Å². The first-order valence-electron chi connectivity index (χ1n) is 4.90. The normalized spacial score (nSPS) is 16.1. The van der Waals surface area contributed by atoms with Crippen LogP contribution in [0, 0.1) is 18.3 Å². The third-order valence-electron chi connectivity index (χ3n) is 2.27. The molecule has 14 heavy (non-hydrogen) atoms. The topological polar surface area (TPSA) is 40.5 Å². The van der Waals surface area contributed by atoms with Crippen molar-refractivity contribution in [2.75, 3.05) is 13.1 Å². The lowest BCUT2D eigenvalue weighted by Gasteiger charge is -2.26. The first kappa shape index (κ1) is 11.1. The van der Waals surface area contributed by atoms with Crippen LogP contribution in [0.3, 0.4) is 0 Å². The van der Waals surface area contributed by atoms with E-state index in [0.717, 1.165) is 0 Å². The van der Waals surface area contributed by atoms with Crippen molar-refractivity contribution in [2.24, 2.45) is 5.92 Å². The van der Waals surface area contributed by atoms with E-state index in [1.807, 2.05) is 0 Å². The minimum absolute atomic E-state index is 0.276. The summed E-state index contributed by atoms with van der Waals surface area (Å²) in [6.45, 7) is 3.96. The number of aliphatic hydroxyl groups is 1. The fourth-order valence-electron chi connectivity index (χ4n) is 1.33. The van der Waals surface area contributed by atoms with Crippen LogP contribution in [0.1, 0.15) is 26.7 Å². The molecule has 0 aromatic rings. The minimum Gasteiger partial charge on any atom is -0.381 e. The maximum Gasteiger partial charge on any atom is 0.254 e. The molecule has 0 aliphatic heterocycles. The molecule has 1 aliphatic carbocycles. The molecule has 0 aromatic heterocycles. The monoisotopic (exact) mass is 195 g/mol. The molecule has 0 bridgehead atoms. The van der Waals surface area contributed by atoms with E-state index in [1.165, 1.54) is 26.7 Å². The molecule has 0 heterocycles. The highest BCUT2D eigenvalue weighted by atomic mass is 16.3. The predicted molar refractivity (Wildman–Crippen MR) is 54.4 cm³/mol. The van der Waals surface area contributed by atoms with E-state index in [0.29, 0.717) is 19.0 Å². The van der Waals surface area contributed by atoms with Gasteiger partial charge in [0.25, 0.3) is 5.91 Å². The smallest absolute Gasteiger partial charge is 0.254 e. The maximum atomic E-state index is 11.7. The van der Waals surface area contributed by atoms with Crippen LogP contribution < -0.4 is 0 Å². The summed E-state index contributed by atoms with van der Waals surface area (Å²) in [5.74, 6) is 2.76. The Balaban J connectivity index is 2.56. The predicted octanol–water partition coefficient (Wildman–Crippen LogP) is 0.629. The van der Waals surface area contributed by atoms with E-state index >= 15 is 0 Å². The fourth-order valence-corrected chi connectivity index (χ4v) is 1.33. The Labute approximate surface area is 85.1 Å². The average molecular weight is 195 g/mol. The second kappa shape index (κ2) is 4.02. The van der Waals surface area contributed by atoms with Crippen LogP contribution in [0.25, 0.3) is 0 Å². The van der Waals surface area contributed by atoms with E-state index in [-0.39, 0.29) is 5.91 Å². The van der Waals surface area contributed by atoms with Gasteiger partial charge in [0, 0.05) is 6.54 Å². The molecule has 0 aromatic carbocycles. The Morgan fingerprint density at radius 2 is 2.21 bits per heavy atom. The van der Waals surface area contributed by atoms with Crippen molar-refractivity contribution in [3.63, 3.8) is 0 Å². The van der Waals surface area contributed by atoms with Gasteiger partial charge in [-0.25, -0.2) is 0 Å². The van der Waals surface area contributed by atoms with Gasteiger partial charge in [0.2, 0.25) is 0 Å². The van der Waals surface area contributed by atoms with Gasteiger partial charge in [-0.1, -0.05) is 5.92 Å². The van der Waals surface area contributed by atoms with Gasteiger partial charge in [0.05, 0.1) is 6.54 Å². The van der Waals surface area contributed by atoms with E-state index in [9.17, 15) is 9.90 Å². The molecule has 0 atom stereocenters. The van der Waals surface area contributed by atoms with E-state index in [2.05, 4.69) is 5.92 Å². The first-order valence-corrected chi connectivity index (χ1v) is 4.90. The van der Waals surface area contributed by atoms with Gasteiger partial charge in [0.15, 0.2) is 0 Å². The van der Waals surface area contributed by atoms with Crippen LogP contribution in [0.15, 0.2) is 0 Å². The summed E-state index contributed by atoms with van der Waals surface area (Å²) in [6, 6.07) is 0. The molecule has 1 saturated carbocycles. The lowest BCUT2D eigenvalue weighted by Crippen LogP contribution is -2.46. The highest BCUT2D eigenvalue weighted by molar-refractivity contribution is 5.84. The van der Waals surface area contributed by atoms with Gasteiger partial charge in [-0.15, -0.1) is 6.42 Å². The maximum absolute atomic E-state index is 11.7. The Morgan fingerprint density at radius 3 is 2.57 bits per heavy atom. The molecule has 3 heteroatoms. The Morgan fingerprint density at radius 1 is 1.64 bits per heavy atom. The summed E-state index contributed by atoms with van der Waals surface area (Å²) in [5, 5.41) is 9.56. The largest absolute Gasteiger partial charge is 0.381 e. The number of carbonyl (C=O) groups excluding carboxylic acids is 1. The zero-order valence-corrected chi connectivity index (χ0v) is 8.79. The van der Waals surface area contributed by atoms with Crippen LogP contribution in [0.2, 0.25) is 0 Å². The zero-order chi connectivity index (χ0) is 10.8. The molecule has 1 rings (SSSR count). The second-order valence-corrected chi connectivity index (χ2v) is 4.39. The van der Waals surface area contributed by atoms with Crippen molar-refractivity contribution in [1.29, 1.82) is 0 Å². The Bertz CT molecular complexity index is 255. The van der Waals surface area contributed by atoms with Crippen molar-refractivity contribution in [2.45, 2.75) is 32.3 Å². The summed E-state index contributed by atoms with van der Waals surface area (Å²) < 4.78 is 0. The van der Waals surface area contributed by atoms with Crippen molar-refractivity contribution < 1.29 is 9.90 Å². The summed E-state index contributed by atoms with van der Waals surface area (Å²) in [6.07, 6.45) is 7.51. The number of rotatable bonds is 4. The summed E-state index contributed by atoms with van der Waals surface area (Å²) in [5.41, 5.74) is -1.31. The molecule has 0 saturated heterocycles. The summed E-state index contributed by atoms with van der Waals surface area (Å²) in [7, 11) is 0. The number of terminal acetylenes is 1. The molecular weight excluding hydrogens is 178 g/mol. The fraction of sp³-hybridized carbons (Fsp3) is 0.727. The standard InChI is InChI=1S/C11H17NO2/c1-4-7-12(8-9-5-6-9)10(13)11(2,3)14/h1,9,14H,5-8H2,2-3H3. The SMILES string of the molecule is C#CCN(CC1CC1)C(=O)C(C)(C)O.